The molecule has 0 aliphatic rings. The van der Waals surface area contributed by atoms with E-state index in [-0.39, 0.29) is 18.3 Å². The molecule has 0 aliphatic carbocycles. The molecule has 0 aromatic heterocycles. The monoisotopic (exact) mass is 750 g/mol. The fourth-order valence-electron chi connectivity index (χ4n) is 6.41. The largest absolute Gasteiger partial charge is 0.481 e. The number of primary amides is 1. The van der Waals surface area contributed by atoms with Crippen molar-refractivity contribution in [3.05, 3.63) is 71.8 Å². The lowest BCUT2D eigenvalue weighted by Crippen LogP contribution is -2.61. The van der Waals surface area contributed by atoms with Crippen molar-refractivity contribution in [3.8, 4) is 0 Å². The number of hydrogen-bond donors (Lipinski definition) is 6. The van der Waals surface area contributed by atoms with E-state index in [0.29, 0.717) is 12.8 Å². The average Bonchev–Trinajstić information content (AvgIpc) is 3.12. The molecule has 0 bridgehead atoms. The smallest absolute Gasteiger partial charge is 0.305 e. The summed E-state index contributed by atoms with van der Waals surface area (Å²) in [6.45, 7) is 12.1. The molecule has 6 amide bonds. The summed E-state index contributed by atoms with van der Waals surface area (Å²) in [6, 6.07) is 12.1. The van der Waals surface area contributed by atoms with E-state index in [1.807, 2.05) is 81.4 Å². The van der Waals surface area contributed by atoms with Crippen LogP contribution in [0.3, 0.4) is 0 Å². The van der Waals surface area contributed by atoms with Gasteiger partial charge in [-0.15, -0.1) is 0 Å². The first kappa shape index (κ1) is 44.9. The minimum atomic E-state index is -1.64. The van der Waals surface area contributed by atoms with E-state index in [0.717, 1.165) is 11.1 Å². The molecule has 14 nitrogen and oxygen atoms in total. The molecule has 0 spiro atoms. The standard InChI is InChI=1S/C40H58N6O8/c1-9-24(5)33(40(54)46(8)35(36(41)50)25(6)10-2)45-38(52)30(22-31(48)49)43-37(51)29(21-23(3)4)44-39(53)34(42-26(7)47)32(27-17-13-11-14-18-27)28-19-15-12-16-20-28/h11-20,23-25,29-30,32-35H,9-10,21-22H2,1-8H3,(H2,41,50)(H,42,47)(H,43,51)(H,44,53)(H,45,52)(H,48,49)/t24-,25-,29-,30-,33-,34+,35-/m0/s1. The maximum absolute atomic E-state index is 14.2. The molecule has 0 saturated carbocycles. The zero-order valence-corrected chi connectivity index (χ0v) is 32.6. The van der Waals surface area contributed by atoms with Gasteiger partial charge < -0.3 is 37.0 Å². The lowest BCUT2D eigenvalue weighted by atomic mass is 9.84. The number of hydrogen-bond acceptors (Lipinski definition) is 7. The Morgan fingerprint density at radius 1 is 0.685 bits per heavy atom. The van der Waals surface area contributed by atoms with Crippen LogP contribution in [0.5, 0.6) is 0 Å². The molecule has 296 valence electrons. The SMILES string of the molecule is CC[C@H](C)[C@H](NC(=O)[C@H](CC(=O)O)NC(=O)[C@H](CC(C)C)NC(=O)[C@H](NC(C)=O)C(c1ccccc1)c1ccccc1)C(=O)N(C)[C@H](C(N)=O)[C@@H](C)CC. The Balaban J connectivity index is 2.46. The van der Waals surface area contributed by atoms with Gasteiger partial charge in [-0.05, 0) is 35.3 Å². The highest BCUT2D eigenvalue weighted by molar-refractivity contribution is 5.97. The number of carboxylic acid groups (broad SMARTS) is 1. The van der Waals surface area contributed by atoms with Crippen molar-refractivity contribution in [2.24, 2.45) is 23.5 Å². The molecule has 54 heavy (non-hydrogen) atoms. The number of benzene rings is 2. The number of amides is 6. The van der Waals surface area contributed by atoms with Crippen LogP contribution in [0.25, 0.3) is 0 Å². The molecule has 2 aromatic rings. The Morgan fingerprint density at radius 2 is 1.17 bits per heavy atom. The number of nitrogens with two attached hydrogens (primary N) is 1. The van der Waals surface area contributed by atoms with Crippen LogP contribution in [0.4, 0.5) is 0 Å². The van der Waals surface area contributed by atoms with Crippen LogP contribution in [0.2, 0.25) is 0 Å². The highest BCUT2D eigenvalue weighted by Crippen LogP contribution is 2.29. The van der Waals surface area contributed by atoms with Gasteiger partial charge in [-0.3, -0.25) is 33.6 Å². The van der Waals surface area contributed by atoms with Gasteiger partial charge >= 0.3 is 5.97 Å². The number of nitrogens with one attached hydrogen (secondary N) is 4. The predicted molar refractivity (Wildman–Crippen MR) is 204 cm³/mol. The summed E-state index contributed by atoms with van der Waals surface area (Å²) in [7, 11) is 1.43. The van der Waals surface area contributed by atoms with Gasteiger partial charge in [0.05, 0.1) is 6.42 Å². The molecule has 14 heteroatoms. The number of likely N-dealkylation sites (N-methyl/N-ethyl adjacent to an activating group) is 1. The van der Waals surface area contributed by atoms with E-state index in [9.17, 15) is 38.7 Å². The second kappa shape index (κ2) is 21.4. The normalized spacial score (nSPS) is 15.1. The highest BCUT2D eigenvalue weighted by Gasteiger charge is 2.39. The van der Waals surface area contributed by atoms with Crippen molar-refractivity contribution in [2.45, 2.75) is 110 Å². The molecule has 2 rings (SSSR count). The summed E-state index contributed by atoms with van der Waals surface area (Å²) >= 11 is 0. The highest BCUT2D eigenvalue weighted by atomic mass is 16.4. The lowest BCUT2D eigenvalue weighted by molar-refractivity contribution is -0.145. The molecule has 0 saturated heterocycles. The summed E-state index contributed by atoms with van der Waals surface area (Å²) in [4.78, 5) is 93.7. The van der Waals surface area contributed by atoms with E-state index < -0.39 is 89.9 Å². The summed E-state index contributed by atoms with van der Waals surface area (Å²) < 4.78 is 0. The van der Waals surface area contributed by atoms with Crippen molar-refractivity contribution in [3.63, 3.8) is 0 Å². The van der Waals surface area contributed by atoms with Crippen LogP contribution in [-0.2, 0) is 33.6 Å². The maximum Gasteiger partial charge on any atom is 0.305 e. The Bertz CT molecular complexity index is 1550. The van der Waals surface area contributed by atoms with E-state index >= 15 is 0 Å². The van der Waals surface area contributed by atoms with Gasteiger partial charge in [-0.25, -0.2) is 0 Å². The van der Waals surface area contributed by atoms with E-state index in [1.54, 1.807) is 20.8 Å². The third-order valence-electron chi connectivity index (χ3n) is 9.66. The second-order valence-electron chi connectivity index (χ2n) is 14.4. The van der Waals surface area contributed by atoms with Gasteiger partial charge in [0.2, 0.25) is 35.4 Å². The Labute approximate surface area is 318 Å². The number of carbonyl (C=O) groups is 7. The number of carbonyl (C=O) groups excluding carboxylic acids is 6. The van der Waals surface area contributed by atoms with Crippen LogP contribution in [0, 0.1) is 17.8 Å². The molecule has 7 atom stereocenters. The number of nitrogens with zero attached hydrogens (tertiary/aromatic N) is 1. The third kappa shape index (κ3) is 13.0. The fraction of sp³-hybridized carbons (Fsp3) is 0.525. The molecule has 2 aromatic carbocycles. The fourth-order valence-corrected chi connectivity index (χ4v) is 6.41. The second-order valence-corrected chi connectivity index (χ2v) is 14.4. The van der Waals surface area contributed by atoms with Crippen LogP contribution in [-0.4, -0.2) is 88.7 Å². The van der Waals surface area contributed by atoms with E-state index in [2.05, 4.69) is 21.3 Å². The van der Waals surface area contributed by atoms with Crippen molar-refractivity contribution < 1.29 is 38.7 Å². The van der Waals surface area contributed by atoms with Gasteiger partial charge in [0.25, 0.3) is 0 Å². The predicted octanol–water partition coefficient (Wildman–Crippen LogP) is 2.70. The van der Waals surface area contributed by atoms with Crippen molar-refractivity contribution in [1.29, 1.82) is 0 Å². The summed E-state index contributed by atoms with van der Waals surface area (Å²) in [6.07, 6.45) is 0.273. The molecular formula is C40H58N6O8. The molecule has 0 unspecified atom stereocenters. The zero-order valence-electron chi connectivity index (χ0n) is 32.6. The quantitative estimate of drug-likeness (QED) is 0.111. The topological polar surface area (TPSA) is 217 Å². The summed E-state index contributed by atoms with van der Waals surface area (Å²) in [5.41, 5.74) is 7.13. The van der Waals surface area contributed by atoms with Gasteiger partial charge in [-0.2, -0.15) is 0 Å². The molecule has 0 aliphatic heterocycles. The Kier molecular flexibility index (Phi) is 17.8. The van der Waals surface area contributed by atoms with Gasteiger partial charge in [-0.1, -0.05) is 115 Å². The van der Waals surface area contributed by atoms with Crippen molar-refractivity contribution in [1.82, 2.24) is 26.2 Å². The first-order valence-corrected chi connectivity index (χ1v) is 18.5. The maximum atomic E-state index is 14.2. The van der Waals surface area contributed by atoms with Crippen molar-refractivity contribution in [2.75, 3.05) is 7.05 Å². The average molecular weight is 751 g/mol. The van der Waals surface area contributed by atoms with Crippen LogP contribution in [0.1, 0.15) is 91.2 Å². The molecule has 0 radical (unpaired) electrons. The van der Waals surface area contributed by atoms with Gasteiger partial charge in [0.1, 0.15) is 30.2 Å². The summed E-state index contributed by atoms with van der Waals surface area (Å²) in [5, 5.41) is 20.4. The van der Waals surface area contributed by atoms with Crippen LogP contribution in [0.15, 0.2) is 60.7 Å². The van der Waals surface area contributed by atoms with Gasteiger partial charge in [0.15, 0.2) is 0 Å². The first-order valence-electron chi connectivity index (χ1n) is 18.5. The molecule has 0 fully saturated rings. The number of rotatable bonds is 21. The van der Waals surface area contributed by atoms with Gasteiger partial charge in [0, 0.05) is 19.9 Å². The van der Waals surface area contributed by atoms with Crippen molar-refractivity contribution >= 4 is 41.4 Å². The number of carboxylic acids is 1. The minimum Gasteiger partial charge on any atom is -0.481 e. The molecule has 7 N–H and O–H groups in total. The summed E-state index contributed by atoms with van der Waals surface area (Å²) in [5.74, 6) is -7.12. The zero-order chi connectivity index (χ0) is 40.7. The number of aliphatic carboxylic acids is 1. The van der Waals surface area contributed by atoms with Crippen LogP contribution >= 0.6 is 0 Å². The Hall–Kier alpha value is -5.27. The Morgan fingerprint density at radius 3 is 1.59 bits per heavy atom. The van der Waals surface area contributed by atoms with Crippen LogP contribution < -0.4 is 27.0 Å². The first-order chi connectivity index (χ1) is 25.4. The van der Waals surface area contributed by atoms with E-state index in [4.69, 9.17) is 5.73 Å². The third-order valence-corrected chi connectivity index (χ3v) is 9.66. The molecular weight excluding hydrogens is 692 g/mol. The lowest BCUT2D eigenvalue weighted by Gasteiger charge is -2.35. The van der Waals surface area contributed by atoms with E-state index in [1.165, 1.54) is 18.9 Å². The molecule has 0 heterocycles. The minimum absolute atomic E-state index is 0.107.